The van der Waals surface area contributed by atoms with Gasteiger partial charge in [0.2, 0.25) is 10.0 Å². The summed E-state index contributed by atoms with van der Waals surface area (Å²) >= 11 is 0. The van der Waals surface area contributed by atoms with Crippen LogP contribution in [-0.2, 0) is 10.0 Å². The summed E-state index contributed by atoms with van der Waals surface area (Å²) in [5.41, 5.74) is 0.672. The van der Waals surface area contributed by atoms with Gasteiger partial charge in [-0.3, -0.25) is 4.90 Å². The fraction of sp³-hybridized carbons (Fsp3) is 0.435. The van der Waals surface area contributed by atoms with Crippen molar-refractivity contribution in [3.05, 3.63) is 59.9 Å². The maximum Gasteiger partial charge on any atom is 0.321 e. The average Bonchev–Trinajstić information content (AvgIpc) is 3.17. The molecule has 2 aliphatic heterocycles. The van der Waals surface area contributed by atoms with Gasteiger partial charge in [0, 0.05) is 25.7 Å². The van der Waals surface area contributed by atoms with Crippen molar-refractivity contribution in [3.63, 3.8) is 0 Å². The van der Waals surface area contributed by atoms with Crippen molar-refractivity contribution in [2.24, 2.45) is 0 Å². The van der Waals surface area contributed by atoms with Gasteiger partial charge in [-0.2, -0.15) is 4.31 Å². The predicted molar refractivity (Wildman–Crippen MR) is 118 cm³/mol. The minimum Gasteiger partial charge on any atom is -0.497 e. The van der Waals surface area contributed by atoms with Crippen molar-refractivity contribution < 1.29 is 22.3 Å². The molecule has 0 saturated carbocycles. The number of piperidine rings is 1. The number of rotatable bonds is 4. The molecule has 9 heteroatoms. The molecular formula is C23H28FN3O4S. The molecule has 0 N–H and O–H groups in total. The van der Waals surface area contributed by atoms with Crippen molar-refractivity contribution >= 4 is 16.1 Å². The highest BCUT2D eigenvalue weighted by Gasteiger charge is 2.48. The molecule has 7 nitrogen and oxygen atoms in total. The summed E-state index contributed by atoms with van der Waals surface area (Å²) in [4.78, 5) is 17.0. The zero-order valence-electron chi connectivity index (χ0n) is 18.3. The van der Waals surface area contributed by atoms with E-state index in [-0.39, 0.29) is 23.5 Å². The summed E-state index contributed by atoms with van der Waals surface area (Å²) in [6.07, 6.45) is 2.17. The van der Waals surface area contributed by atoms with Gasteiger partial charge in [0.05, 0.1) is 12.0 Å². The monoisotopic (exact) mass is 461 g/mol. The van der Waals surface area contributed by atoms with E-state index in [0.717, 1.165) is 31.4 Å². The van der Waals surface area contributed by atoms with Gasteiger partial charge < -0.3 is 9.64 Å². The minimum absolute atomic E-state index is 0.00289. The van der Waals surface area contributed by atoms with Crippen LogP contribution in [0, 0.1) is 5.82 Å². The lowest BCUT2D eigenvalue weighted by Gasteiger charge is -2.37. The van der Waals surface area contributed by atoms with E-state index in [1.165, 1.54) is 16.4 Å². The molecule has 2 aliphatic rings. The average molecular weight is 462 g/mol. The molecule has 2 amide bonds. The maximum atomic E-state index is 13.6. The Bertz CT molecular complexity index is 1050. The molecule has 0 aliphatic carbocycles. The lowest BCUT2D eigenvalue weighted by Crippen LogP contribution is -2.48. The van der Waals surface area contributed by atoms with Gasteiger partial charge in [0.1, 0.15) is 17.7 Å². The van der Waals surface area contributed by atoms with Crippen LogP contribution in [0.4, 0.5) is 9.18 Å². The molecule has 2 aromatic rings. The number of methoxy groups -OCH3 is 1. The van der Waals surface area contributed by atoms with E-state index in [2.05, 4.69) is 0 Å². The van der Waals surface area contributed by atoms with Gasteiger partial charge in [-0.15, -0.1) is 0 Å². The Hall–Kier alpha value is -2.65. The molecule has 32 heavy (non-hydrogen) atoms. The van der Waals surface area contributed by atoms with Gasteiger partial charge in [0.25, 0.3) is 0 Å². The molecule has 2 unspecified atom stereocenters. The number of ether oxygens (including phenoxy) is 1. The van der Waals surface area contributed by atoms with E-state index < -0.39 is 22.0 Å². The molecule has 2 saturated heterocycles. The number of nitrogens with zero attached hydrogens (tertiary/aromatic N) is 3. The van der Waals surface area contributed by atoms with Crippen LogP contribution in [0.2, 0.25) is 0 Å². The number of carbonyl (C=O) groups is 1. The summed E-state index contributed by atoms with van der Waals surface area (Å²) in [7, 11) is -2.42. The first kappa shape index (κ1) is 22.5. The molecule has 0 aromatic heterocycles. The number of amides is 2. The van der Waals surface area contributed by atoms with E-state index in [0.29, 0.717) is 24.4 Å². The van der Waals surface area contributed by atoms with Gasteiger partial charge in [-0.25, -0.2) is 17.6 Å². The normalized spacial score (nSPS) is 22.2. The van der Waals surface area contributed by atoms with Crippen LogP contribution < -0.4 is 4.74 Å². The van der Waals surface area contributed by atoms with E-state index in [1.54, 1.807) is 36.3 Å². The zero-order chi connectivity index (χ0) is 22.9. The fourth-order valence-electron chi connectivity index (χ4n) is 4.44. The van der Waals surface area contributed by atoms with Crippen LogP contribution in [-0.4, -0.2) is 61.3 Å². The van der Waals surface area contributed by atoms with Crippen molar-refractivity contribution in [2.45, 2.75) is 43.3 Å². The van der Waals surface area contributed by atoms with E-state index in [4.69, 9.17) is 4.74 Å². The molecule has 2 heterocycles. The topological polar surface area (TPSA) is 70.2 Å². The molecule has 4 rings (SSSR count). The lowest BCUT2D eigenvalue weighted by atomic mass is 10.1. The minimum atomic E-state index is -3.98. The number of urea groups is 1. The largest absolute Gasteiger partial charge is 0.497 e. The standard InChI is InChI=1S/C23H28FN3O4S/c1-17-16-26(32(29,30)21-12-8-19(24)9-13-21)22(18-6-10-20(31-2)11-7-18)27(17)23(28)25-14-4-3-5-15-25/h6-13,17,22H,3-5,14-16H2,1-2H3. The summed E-state index contributed by atoms with van der Waals surface area (Å²) in [6, 6.07) is 11.4. The van der Waals surface area contributed by atoms with Crippen LogP contribution >= 0.6 is 0 Å². The van der Waals surface area contributed by atoms with E-state index in [9.17, 15) is 17.6 Å². The first-order valence-electron chi connectivity index (χ1n) is 10.8. The first-order chi connectivity index (χ1) is 15.3. The van der Waals surface area contributed by atoms with Crippen molar-refractivity contribution in [1.29, 1.82) is 0 Å². The predicted octanol–water partition coefficient (Wildman–Crippen LogP) is 3.83. The molecule has 2 aromatic carbocycles. The Balaban J connectivity index is 1.76. The molecule has 2 atom stereocenters. The van der Waals surface area contributed by atoms with Crippen LogP contribution in [0.15, 0.2) is 53.4 Å². The summed E-state index contributed by atoms with van der Waals surface area (Å²) in [5.74, 6) is 0.133. The highest BCUT2D eigenvalue weighted by atomic mass is 32.2. The number of sulfonamides is 1. The Kier molecular flexibility index (Phi) is 6.39. The zero-order valence-corrected chi connectivity index (χ0v) is 19.1. The Morgan fingerprint density at radius 3 is 2.22 bits per heavy atom. The number of benzene rings is 2. The van der Waals surface area contributed by atoms with Crippen molar-refractivity contribution in [2.75, 3.05) is 26.7 Å². The van der Waals surface area contributed by atoms with Gasteiger partial charge >= 0.3 is 6.03 Å². The third-order valence-corrected chi connectivity index (χ3v) is 7.97. The Morgan fingerprint density at radius 2 is 1.62 bits per heavy atom. The molecular weight excluding hydrogens is 433 g/mol. The second-order valence-corrected chi connectivity index (χ2v) is 10.2. The van der Waals surface area contributed by atoms with Gasteiger partial charge in [0.15, 0.2) is 0 Å². The van der Waals surface area contributed by atoms with Crippen molar-refractivity contribution in [1.82, 2.24) is 14.1 Å². The SMILES string of the molecule is COc1ccc(C2N(C(=O)N3CCCCC3)C(C)CN2S(=O)(=O)c2ccc(F)cc2)cc1. The number of likely N-dealkylation sites (tertiary alicyclic amines) is 1. The highest BCUT2D eigenvalue weighted by Crippen LogP contribution is 2.39. The summed E-state index contributed by atoms with van der Waals surface area (Å²) < 4.78 is 47.1. The van der Waals surface area contributed by atoms with Crippen molar-refractivity contribution in [3.8, 4) is 5.75 Å². The fourth-order valence-corrected chi connectivity index (χ4v) is 6.09. The first-order valence-corrected chi connectivity index (χ1v) is 12.3. The maximum absolute atomic E-state index is 13.6. The van der Waals surface area contributed by atoms with Crippen LogP contribution in [0.3, 0.4) is 0 Å². The number of hydrogen-bond acceptors (Lipinski definition) is 4. The van der Waals surface area contributed by atoms with Crippen LogP contribution in [0.1, 0.15) is 37.9 Å². The molecule has 0 radical (unpaired) electrons. The quantitative estimate of drug-likeness (QED) is 0.694. The third-order valence-electron chi connectivity index (χ3n) is 6.14. The highest BCUT2D eigenvalue weighted by molar-refractivity contribution is 7.89. The smallest absolute Gasteiger partial charge is 0.321 e. The Labute approximate surface area is 188 Å². The number of carbonyl (C=O) groups excluding carboxylic acids is 1. The molecule has 2 fully saturated rings. The van der Waals surface area contributed by atoms with Gasteiger partial charge in [-0.1, -0.05) is 12.1 Å². The van der Waals surface area contributed by atoms with E-state index in [1.807, 2.05) is 11.8 Å². The molecule has 0 bridgehead atoms. The molecule has 172 valence electrons. The summed E-state index contributed by atoms with van der Waals surface area (Å²) in [5, 5.41) is 0. The second-order valence-electron chi connectivity index (χ2n) is 8.26. The number of halogens is 1. The molecule has 0 spiro atoms. The third kappa shape index (κ3) is 4.19. The van der Waals surface area contributed by atoms with Gasteiger partial charge in [-0.05, 0) is 68.1 Å². The van der Waals surface area contributed by atoms with Crippen LogP contribution in [0.25, 0.3) is 0 Å². The second kappa shape index (κ2) is 9.07. The summed E-state index contributed by atoms with van der Waals surface area (Å²) in [6.45, 7) is 3.35. The Morgan fingerprint density at radius 1 is 1.00 bits per heavy atom. The van der Waals surface area contributed by atoms with E-state index >= 15 is 0 Å². The number of hydrogen-bond donors (Lipinski definition) is 0. The lowest BCUT2D eigenvalue weighted by molar-refractivity contribution is 0.116. The van der Waals surface area contributed by atoms with Crippen LogP contribution in [0.5, 0.6) is 5.75 Å².